The molecule has 3 aromatic carbocycles. The maximum Gasteiger partial charge on any atom is 0.254 e. The van der Waals surface area contributed by atoms with E-state index in [4.69, 9.17) is 0 Å². The van der Waals surface area contributed by atoms with E-state index in [1.165, 1.54) is 11.1 Å². The second-order valence-electron chi connectivity index (χ2n) is 8.50. The Kier molecular flexibility index (Phi) is 7.00. The molecule has 0 aromatic heterocycles. The van der Waals surface area contributed by atoms with E-state index < -0.39 is 0 Å². The Hall–Kier alpha value is -3.40. The Morgan fingerprint density at radius 3 is 1.94 bits per heavy atom. The van der Waals surface area contributed by atoms with Crippen molar-refractivity contribution in [1.29, 1.82) is 0 Å². The van der Waals surface area contributed by atoms with E-state index in [-0.39, 0.29) is 23.7 Å². The maximum atomic E-state index is 13.0. The molecule has 0 spiro atoms. The standard InChI is InChI=1S/C28H30N2O2/c1-21-10-8-9-15-25(21)28(32)30-18-16-24(17-19-30)27(31)29-20-26(22-11-4-2-5-12-22)23-13-6-3-7-14-23/h2-15,24,26H,16-20H2,1H3,(H,29,31). The molecule has 0 atom stereocenters. The molecule has 0 bridgehead atoms. The molecule has 2 amide bonds. The van der Waals surface area contributed by atoms with E-state index in [2.05, 4.69) is 29.6 Å². The molecule has 1 aliphatic heterocycles. The summed E-state index contributed by atoms with van der Waals surface area (Å²) >= 11 is 0. The number of likely N-dealkylation sites (tertiary alicyclic amines) is 1. The molecule has 0 unspecified atom stereocenters. The van der Waals surface area contributed by atoms with E-state index in [0.29, 0.717) is 32.5 Å². The summed E-state index contributed by atoms with van der Waals surface area (Å²) < 4.78 is 0. The SMILES string of the molecule is Cc1ccccc1C(=O)N1CCC(C(=O)NCC(c2ccccc2)c2ccccc2)CC1. The molecule has 4 heteroatoms. The van der Waals surface area contributed by atoms with Crippen LogP contribution in [0.2, 0.25) is 0 Å². The summed E-state index contributed by atoms with van der Waals surface area (Å²) in [5, 5.41) is 3.19. The maximum absolute atomic E-state index is 13.0. The lowest BCUT2D eigenvalue weighted by atomic mass is 9.90. The van der Waals surface area contributed by atoms with Crippen LogP contribution in [0.25, 0.3) is 0 Å². The number of aryl methyl sites for hydroxylation is 1. The van der Waals surface area contributed by atoms with Crippen molar-refractivity contribution < 1.29 is 9.59 Å². The van der Waals surface area contributed by atoms with Crippen LogP contribution >= 0.6 is 0 Å². The van der Waals surface area contributed by atoms with Crippen LogP contribution in [0.4, 0.5) is 0 Å². The van der Waals surface area contributed by atoms with Gasteiger partial charge in [0.15, 0.2) is 0 Å². The van der Waals surface area contributed by atoms with Crippen LogP contribution in [-0.2, 0) is 4.79 Å². The first kappa shape index (κ1) is 21.8. The van der Waals surface area contributed by atoms with E-state index >= 15 is 0 Å². The van der Waals surface area contributed by atoms with E-state index in [1.54, 1.807) is 0 Å². The van der Waals surface area contributed by atoms with Crippen molar-refractivity contribution in [1.82, 2.24) is 10.2 Å². The Morgan fingerprint density at radius 2 is 1.38 bits per heavy atom. The highest BCUT2D eigenvalue weighted by Gasteiger charge is 2.28. The minimum absolute atomic E-state index is 0.0527. The Labute approximate surface area is 190 Å². The van der Waals surface area contributed by atoms with Gasteiger partial charge in [-0.25, -0.2) is 0 Å². The van der Waals surface area contributed by atoms with Crippen LogP contribution in [0.15, 0.2) is 84.9 Å². The summed E-state index contributed by atoms with van der Waals surface area (Å²) in [7, 11) is 0. The summed E-state index contributed by atoms with van der Waals surface area (Å²) in [4.78, 5) is 27.7. The van der Waals surface area contributed by atoms with E-state index in [9.17, 15) is 9.59 Å². The van der Waals surface area contributed by atoms with Crippen molar-refractivity contribution in [2.45, 2.75) is 25.7 Å². The van der Waals surface area contributed by atoms with Crippen molar-refractivity contribution >= 4 is 11.8 Å². The van der Waals surface area contributed by atoms with Gasteiger partial charge < -0.3 is 10.2 Å². The molecule has 3 aromatic rings. The molecule has 0 radical (unpaired) electrons. The van der Waals surface area contributed by atoms with Gasteiger partial charge >= 0.3 is 0 Å². The number of rotatable bonds is 6. The number of benzene rings is 3. The van der Waals surface area contributed by atoms with Gasteiger partial charge in [-0.05, 0) is 42.5 Å². The van der Waals surface area contributed by atoms with Gasteiger partial charge in [0.05, 0.1) is 0 Å². The zero-order valence-electron chi connectivity index (χ0n) is 18.5. The number of nitrogens with zero attached hydrogens (tertiary/aromatic N) is 1. The first-order chi connectivity index (χ1) is 15.6. The fourth-order valence-corrected chi connectivity index (χ4v) is 4.47. The van der Waals surface area contributed by atoms with Gasteiger partial charge in [0.1, 0.15) is 0 Å². The highest BCUT2D eigenvalue weighted by Crippen LogP contribution is 2.25. The molecule has 4 rings (SSSR count). The van der Waals surface area contributed by atoms with Crippen molar-refractivity contribution in [3.63, 3.8) is 0 Å². The molecule has 1 heterocycles. The van der Waals surface area contributed by atoms with E-state index in [0.717, 1.165) is 11.1 Å². The minimum Gasteiger partial charge on any atom is -0.355 e. The van der Waals surface area contributed by atoms with Gasteiger partial charge in [-0.3, -0.25) is 9.59 Å². The molecular formula is C28H30N2O2. The Bertz CT molecular complexity index is 1000. The molecule has 164 valence electrons. The quantitative estimate of drug-likeness (QED) is 0.616. The summed E-state index contributed by atoms with van der Waals surface area (Å²) in [6, 6.07) is 28.3. The van der Waals surface area contributed by atoms with Crippen molar-refractivity contribution in [2.24, 2.45) is 5.92 Å². The fourth-order valence-electron chi connectivity index (χ4n) is 4.47. The first-order valence-electron chi connectivity index (χ1n) is 11.4. The lowest BCUT2D eigenvalue weighted by Gasteiger charge is -2.32. The average molecular weight is 427 g/mol. The summed E-state index contributed by atoms with van der Waals surface area (Å²) in [6.45, 7) is 3.76. The largest absolute Gasteiger partial charge is 0.355 e. The lowest BCUT2D eigenvalue weighted by molar-refractivity contribution is -0.126. The third kappa shape index (κ3) is 5.08. The van der Waals surface area contributed by atoms with Crippen LogP contribution in [0.3, 0.4) is 0 Å². The van der Waals surface area contributed by atoms with Crippen LogP contribution in [-0.4, -0.2) is 36.3 Å². The average Bonchev–Trinajstić information content (AvgIpc) is 2.85. The normalized spacial score (nSPS) is 14.4. The molecule has 32 heavy (non-hydrogen) atoms. The topological polar surface area (TPSA) is 49.4 Å². The number of nitrogens with one attached hydrogen (secondary N) is 1. The van der Waals surface area contributed by atoms with Gasteiger partial charge in [-0.15, -0.1) is 0 Å². The highest BCUT2D eigenvalue weighted by molar-refractivity contribution is 5.95. The second-order valence-corrected chi connectivity index (χ2v) is 8.50. The molecule has 0 aliphatic carbocycles. The summed E-state index contributed by atoms with van der Waals surface area (Å²) in [6.07, 6.45) is 1.40. The molecule has 1 saturated heterocycles. The first-order valence-corrected chi connectivity index (χ1v) is 11.4. The number of hydrogen-bond acceptors (Lipinski definition) is 2. The molecular weight excluding hydrogens is 396 g/mol. The third-order valence-electron chi connectivity index (χ3n) is 6.41. The number of carbonyl (C=O) groups excluding carboxylic acids is 2. The molecule has 4 nitrogen and oxygen atoms in total. The number of piperidine rings is 1. The Balaban J connectivity index is 1.35. The Morgan fingerprint density at radius 1 is 0.844 bits per heavy atom. The van der Waals surface area contributed by atoms with Crippen molar-refractivity contribution in [2.75, 3.05) is 19.6 Å². The third-order valence-corrected chi connectivity index (χ3v) is 6.41. The molecule has 0 saturated carbocycles. The lowest BCUT2D eigenvalue weighted by Crippen LogP contribution is -2.43. The molecule has 1 aliphatic rings. The summed E-state index contributed by atoms with van der Waals surface area (Å²) in [5.74, 6) is 0.215. The predicted octanol–water partition coefficient (Wildman–Crippen LogP) is 4.80. The number of hydrogen-bond donors (Lipinski definition) is 1. The predicted molar refractivity (Wildman–Crippen MR) is 128 cm³/mol. The van der Waals surface area contributed by atoms with Crippen molar-refractivity contribution in [3.05, 3.63) is 107 Å². The van der Waals surface area contributed by atoms with E-state index in [1.807, 2.05) is 72.5 Å². The fraction of sp³-hybridized carbons (Fsp3) is 0.286. The zero-order valence-corrected chi connectivity index (χ0v) is 18.5. The number of carbonyl (C=O) groups is 2. The van der Waals surface area contributed by atoms with Crippen LogP contribution in [0.5, 0.6) is 0 Å². The minimum atomic E-state index is -0.0527. The zero-order chi connectivity index (χ0) is 22.3. The monoisotopic (exact) mass is 426 g/mol. The van der Waals surface area contributed by atoms with Gasteiger partial charge in [-0.2, -0.15) is 0 Å². The van der Waals surface area contributed by atoms with Gasteiger partial charge in [0.2, 0.25) is 5.91 Å². The van der Waals surface area contributed by atoms with Crippen LogP contribution in [0, 0.1) is 12.8 Å². The van der Waals surface area contributed by atoms with Crippen LogP contribution in [0.1, 0.15) is 45.8 Å². The molecule has 1 N–H and O–H groups in total. The molecule has 1 fully saturated rings. The second kappa shape index (κ2) is 10.3. The van der Waals surface area contributed by atoms with Crippen molar-refractivity contribution in [3.8, 4) is 0 Å². The smallest absolute Gasteiger partial charge is 0.254 e. The summed E-state index contributed by atoms with van der Waals surface area (Å²) in [5.41, 5.74) is 4.13. The highest BCUT2D eigenvalue weighted by atomic mass is 16.2. The van der Waals surface area contributed by atoms with Gasteiger partial charge in [0.25, 0.3) is 5.91 Å². The van der Waals surface area contributed by atoms with Gasteiger partial charge in [0, 0.05) is 37.0 Å². The van der Waals surface area contributed by atoms with Crippen LogP contribution < -0.4 is 5.32 Å². The number of amides is 2. The van der Waals surface area contributed by atoms with Gasteiger partial charge in [-0.1, -0.05) is 78.9 Å².